The van der Waals surface area contributed by atoms with Crippen molar-refractivity contribution in [3.8, 4) is 11.5 Å². The van der Waals surface area contributed by atoms with Crippen LogP contribution in [0.25, 0.3) is 0 Å². The highest BCUT2D eigenvalue weighted by Gasteiger charge is 2.20. The number of carbonyl (C=O) groups is 2. The van der Waals surface area contributed by atoms with E-state index in [1.165, 1.54) is 13.2 Å². The van der Waals surface area contributed by atoms with E-state index >= 15 is 0 Å². The SMILES string of the molecule is CCC(C)(C)NC(=O)COc1c(OC)cccc1C(=O)O. The number of hydrogen-bond acceptors (Lipinski definition) is 4. The van der Waals surface area contributed by atoms with Crippen LogP contribution in [-0.2, 0) is 4.79 Å². The van der Waals surface area contributed by atoms with E-state index in [4.69, 9.17) is 14.6 Å². The molecule has 1 aromatic carbocycles. The molecule has 0 aliphatic carbocycles. The summed E-state index contributed by atoms with van der Waals surface area (Å²) in [7, 11) is 1.41. The zero-order valence-electron chi connectivity index (χ0n) is 12.7. The van der Waals surface area contributed by atoms with E-state index in [1.807, 2.05) is 20.8 Å². The van der Waals surface area contributed by atoms with Crippen LogP contribution in [0.1, 0.15) is 37.6 Å². The first-order valence-electron chi connectivity index (χ1n) is 6.65. The molecule has 6 heteroatoms. The summed E-state index contributed by atoms with van der Waals surface area (Å²) in [5.41, 5.74) is -0.381. The van der Waals surface area contributed by atoms with Crippen molar-refractivity contribution in [3.63, 3.8) is 0 Å². The smallest absolute Gasteiger partial charge is 0.339 e. The van der Waals surface area contributed by atoms with Crippen LogP contribution < -0.4 is 14.8 Å². The Labute approximate surface area is 124 Å². The van der Waals surface area contributed by atoms with Crippen molar-refractivity contribution in [2.75, 3.05) is 13.7 Å². The second-order valence-corrected chi connectivity index (χ2v) is 5.22. The topological polar surface area (TPSA) is 84.9 Å². The van der Waals surface area contributed by atoms with Gasteiger partial charge in [-0.1, -0.05) is 13.0 Å². The lowest BCUT2D eigenvalue weighted by Crippen LogP contribution is -2.45. The Bertz CT molecular complexity index is 525. The van der Waals surface area contributed by atoms with Gasteiger partial charge in [-0.2, -0.15) is 0 Å². The highest BCUT2D eigenvalue weighted by atomic mass is 16.5. The molecule has 0 fully saturated rings. The number of benzene rings is 1. The Balaban J connectivity index is 2.84. The third kappa shape index (κ3) is 4.66. The quantitative estimate of drug-likeness (QED) is 0.804. The standard InChI is InChI=1S/C15H21NO5/c1-5-15(2,3)16-12(17)9-21-13-10(14(18)19)7-6-8-11(13)20-4/h6-8H,5,9H2,1-4H3,(H,16,17)(H,18,19). The number of carboxylic acids is 1. The Hall–Kier alpha value is -2.24. The minimum Gasteiger partial charge on any atom is -0.493 e. The third-order valence-electron chi connectivity index (χ3n) is 3.14. The molecule has 0 aliphatic rings. The highest BCUT2D eigenvalue weighted by molar-refractivity contribution is 5.92. The van der Waals surface area contributed by atoms with Gasteiger partial charge in [-0.05, 0) is 32.4 Å². The Morgan fingerprint density at radius 3 is 2.52 bits per heavy atom. The number of hydrogen-bond donors (Lipinski definition) is 2. The van der Waals surface area contributed by atoms with E-state index in [0.29, 0.717) is 0 Å². The summed E-state index contributed by atoms with van der Waals surface area (Å²) in [5, 5.41) is 11.9. The fourth-order valence-electron chi connectivity index (χ4n) is 1.63. The van der Waals surface area contributed by atoms with Gasteiger partial charge >= 0.3 is 5.97 Å². The van der Waals surface area contributed by atoms with Gasteiger partial charge in [0.25, 0.3) is 5.91 Å². The molecule has 0 aliphatic heterocycles. The van der Waals surface area contributed by atoms with Crippen LogP contribution in [-0.4, -0.2) is 36.2 Å². The van der Waals surface area contributed by atoms with Crippen molar-refractivity contribution >= 4 is 11.9 Å². The van der Waals surface area contributed by atoms with Crippen LogP contribution in [0.5, 0.6) is 11.5 Å². The maximum Gasteiger partial charge on any atom is 0.339 e. The molecule has 1 aromatic rings. The molecule has 0 saturated heterocycles. The number of nitrogens with one attached hydrogen (secondary N) is 1. The summed E-state index contributed by atoms with van der Waals surface area (Å²) in [4.78, 5) is 23.0. The average molecular weight is 295 g/mol. The lowest BCUT2D eigenvalue weighted by molar-refractivity contribution is -0.124. The highest BCUT2D eigenvalue weighted by Crippen LogP contribution is 2.31. The molecule has 2 N–H and O–H groups in total. The van der Waals surface area contributed by atoms with E-state index in [2.05, 4.69) is 5.32 Å². The van der Waals surface area contributed by atoms with Crippen molar-refractivity contribution in [2.45, 2.75) is 32.7 Å². The third-order valence-corrected chi connectivity index (χ3v) is 3.14. The molecule has 0 bridgehead atoms. The molecule has 0 saturated carbocycles. The second-order valence-electron chi connectivity index (χ2n) is 5.22. The van der Waals surface area contributed by atoms with Crippen molar-refractivity contribution < 1.29 is 24.2 Å². The van der Waals surface area contributed by atoms with E-state index in [1.54, 1.807) is 12.1 Å². The van der Waals surface area contributed by atoms with Gasteiger partial charge in [-0.25, -0.2) is 4.79 Å². The maximum absolute atomic E-state index is 11.8. The minimum atomic E-state index is -1.14. The van der Waals surface area contributed by atoms with E-state index in [-0.39, 0.29) is 35.1 Å². The number of aromatic carboxylic acids is 1. The number of carbonyl (C=O) groups excluding carboxylic acids is 1. The fourth-order valence-corrected chi connectivity index (χ4v) is 1.63. The Kier molecular flexibility index (Phi) is 5.58. The molecule has 0 radical (unpaired) electrons. The van der Waals surface area contributed by atoms with Crippen LogP contribution >= 0.6 is 0 Å². The van der Waals surface area contributed by atoms with Gasteiger partial charge < -0.3 is 19.9 Å². The predicted molar refractivity (Wildman–Crippen MR) is 78.0 cm³/mol. The van der Waals surface area contributed by atoms with Gasteiger partial charge in [0.05, 0.1) is 7.11 Å². The summed E-state index contributed by atoms with van der Waals surface area (Å²) in [6, 6.07) is 4.53. The van der Waals surface area contributed by atoms with Gasteiger partial charge in [0.2, 0.25) is 0 Å². The average Bonchev–Trinajstić information content (AvgIpc) is 2.44. The van der Waals surface area contributed by atoms with E-state index in [0.717, 1.165) is 6.42 Å². The second kappa shape index (κ2) is 6.97. The Morgan fingerprint density at radius 1 is 1.33 bits per heavy atom. The minimum absolute atomic E-state index is 0.0445. The molecule has 0 atom stereocenters. The van der Waals surface area contributed by atoms with Crippen LogP contribution in [0, 0.1) is 0 Å². The first-order valence-corrected chi connectivity index (χ1v) is 6.65. The van der Waals surface area contributed by atoms with Gasteiger partial charge in [-0.3, -0.25) is 4.79 Å². The largest absolute Gasteiger partial charge is 0.493 e. The van der Waals surface area contributed by atoms with E-state index < -0.39 is 5.97 Å². The van der Waals surface area contributed by atoms with Crippen molar-refractivity contribution in [1.82, 2.24) is 5.32 Å². The first-order chi connectivity index (χ1) is 9.80. The number of carboxylic acid groups (broad SMARTS) is 1. The van der Waals surface area contributed by atoms with Crippen LogP contribution in [0.15, 0.2) is 18.2 Å². The number of rotatable bonds is 7. The molecule has 1 rings (SSSR count). The maximum atomic E-state index is 11.8. The summed E-state index contributed by atoms with van der Waals surface area (Å²) in [6.07, 6.45) is 0.772. The van der Waals surface area contributed by atoms with Crippen LogP contribution in [0.2, 0.25) is 0 Å². The number of ether oxygens (including phenoxy) is 2. The summed E-state index contributed by atoms with van der Waals surface area (Å²) in [5.74, 6) is -1.13. The van der Waals surface area contributed by atoms with E-state index in [9.17, 15) is 9.59 Å². The van der Waals surface area contributed by atoms with Gasteiger partial charge in [0, 0.05) is 5.54 Å². The molecule has 1 amide bonds. The van der Waals surface area contributed by atoms with Crippen LogP contribution in [0.4, 0.5) is 0 Å². The van der Waals surface area contributed by atoms with Gasteiger partial charge in [-0.15, -0.1) is 0 Å². The number of methoxy groups -OCH3 is 1. The molecule has 116 valence electrons. The summed E-state index contributed by atoms with van der Waals surface area (Å²) >= 11 is 0. The molecule has 0 spiro atoms. The molecule has 0 heterocycles. The Morgan fingerprint density at radius 2 is 2.00 bits per heavy atom. The molecule has 6 nitrogen and oxygen atoms in total. The predicted octanol–water partition coefficient (Wildman–Crippen LogP) is 2.08. The van der Waals surface area contributed by atoms with Crippen molar-refractivity contribution in [1.29, 1.82) is 0 Å². The molecule has 0 aromatic heterocycles. The first kappa shape index (κ1) is 16.8. The number of para-hydroxylation sites is 1. The molecular formula is C15H21NO5. The molecule has 0 unspecified atom stereocenters. The molecule has 21 heavy (non-hydrogen) atoms. The zero-order chi connectivity index (χ0) is 16.0. The zero-order valence-corrected chi connectivity index (χ0v) is 12.7. The normalized spacial score (nSPS) is 10.9. The van der Waals surface area contributed by atoms with Crippen molar-refractivity contribution in [2.24, 2.45) is 0 Å². The van der Waals surface area contributed by atoms with Gasteiger partial charge in [0.15, 0.2) is 18.1 Å². The lowest BCUT2D eigenvalue weighted by Gasteiger charge is -2.24. The summed E-state index contributed by atoms with van der Waals surface area (Å²) in [6.45, 7) is 5.49. The monoisotopic (exact) mass is 295 g/mol. The van der Waals surface area contributed by atoms with Crippen molar-refractivity contribution in [3.05, 3.63) is 23.8 Å². The number of amides is 1. The summed E-state index contributed by atoms with van der Waals surface area (Å²) < 4.78 is 10.4. The van der Waals surface area contributed by atoms with Gasteiger partial charge in [0.1, 0.15) is 5.56 Å². The lowest BCUT2D eigenvalue weighted by atomic mass is 10.0. The molecular weight excluding hydrogens is 274 g/mol. The fraction of sp³-hybridized carbons (Fsp3) is 0.467. The van der Waals surface area contributed by atoms with Crippen LogP contribution in [0.3, 0.4) is 0 Å².